The van der Waals surface area contributed by atoms with Gasteiger partial charge in [-0.2, -0.15) is 0 Å². The molecule has 1 spiro atoms. The summed E-state index contributed by atoms with van der Waals surface area (Å²) in [5.41, 5.74) is -0.431. The van der Waals surface area contributed by atoms with Gasteiger partial charge in [-0.1, -0.05) is 18.7 Å². The molecule has 0 aliphatic carbocycles. The number of carbonyl (C=O) groups is 1. The molecule has 5 heteroatoms. The lowest BCUT2D eigenvalue weighted by molar-refractivity contribution is -0.132. The number of likely N-dealkylation sites (tertiary alicyclic amines) is 1. The van der Waals surface area contributed by atoms with Crippen LogP contribution in [0, 0.1) is 0 Å². The van der Waals surface area contributed by atoms with Crippen LogP contribution < -0.4 is 0 Å². The number of hydrogen-bond acceptors (Lipinski definition) is 4. The number of piperidine rings is 1. The van der Waals surface area contributed by atoms with Crippen molar-refractivity contribution in [2.75, 3.05) is 32.4 Å². The minimum Gasteiger partial charge on any atom is -0.306 e. The maximum absolute atomic E-state index is 12.5. The van der Waals surface area contributed by atoms with E-state index in [0.29, 0.717) is 0 Å². The highest BCUT2D eigenvalue weighted by Crippen LogP contribution is 2.35. The topological polar surface area (TPSA) is 35.9 Å². The molecule has 0 unspecified atom stereocenters. The first-order chi connectivity index (χ1) is 8.13. The maximum atomic E-state index is 12.5. The van der Waals surface area contributed by atoms with Crippen molar-refractivity contribution in [3.05, 3.63) is 0 Å². The predicted octanol–water partition coefficient (Wildman–Crippen LogP) is 1.42. The Morgan fingerprint density at radius 3 is 2.53 bits per heavy atom. The second kappa shape index (κ2) is 4.98. The predicted molar refractivity (Wildman–Crippen MR) is 72.4 cm³/mol. The fourth-order valence-corrected chi connectivity index (χ4v) is 3.33. The van der Waals surface area contributed by atoms with Crippen LogP contribution in [0.2, 0.25) is 0 Å². The van der Waals surface area contributed by atoms with Crippen molar-refractivity contribution in [1.29, 1.82) is 0 Å². The summed E-state index contributed by atoms with van der Waals surface area (Å²) in [6.07, 6.45) is 1.74. The highest BCUT2D eigenvalue weighted by Gasteiger charge is 2.48. The molecular weight excluding hydrogens is 234 g/mol. The van der Waals surface area contributed by atoms with Crippen molar-refractivity contribution >= 4 is 22.8 Å². The van der Waals surface area contributed by atoms with Crippen LogP contribution in [0.25, 0.3) is 0 Å². The molecule has 2 heterocycles. The molecule has 0 aromatic heterocycles. The van der Waals surface area contributed by atoms with Crippen LogP contribution in [-0.4, -0.2) is 58.8 Å². The van der Waals surface area contributed by atoms with E-state index in [1.807, 2.05) is 11.8 Å². The number of amidine groups is 1. The fourth-order valence-electron chi connectivity index (χ4n) is 2.46. The highest BCUT2D eigenvalue weighted by atomic mass is 32.2. The summed E-state index contributed by atoms with van der Waals surface area (Å²) in [5.74, 6) is 1.20. The third kappa shape index (κ3) is 2.22. The summed E-state index contributed by atoms with van der Waals surface area (Å²) in [4.78, 5) is 21.4. The molecule has 0 aromatic carbocycles. The molecule has 0 atom stereocenters. The average molecular weight is 255 g/mol. The summed E-state index contributed by atoms with van der Waals surface area (Å²) in [7, 11) is 2.11. The van der Waals surface area contributed by atoms with Gasteiger partial charge in [0.2, 0.25) is 0 Å². The third-order valence-electron chi connectivity index (χ3n) is 3.59. The Labute approximate surface area is 107 Å². The van der Waals surface area contributed by atoms with E-state index in [1.54, 1.807) is 11.8 Å². The Kier molecular flexibility index (Phi) is 3.78. The lowest BCUT2D eigenvalue weighted by Crippen LogP contribution is -2.49. The molecule has 2 aliphatic rings. The first kappa shape index (κ1) is 12.9. The van der Waals surface area contributed by atoms with Crippen LogP contribution >= 0.6 is 11.8 Å². The Bertz CT molecular complexity index is 335. The van der Waals surface area contributed by atoms with Crippen LogP contribution in [0.1, 0.15) is 26.7 Å². The molecule has 1 fully saturated rings. The second-order valence-corrected chi connectivity index (χ2v) is 5.94. The van der Waals surface area contributed by atoms with E-state index in [0.717, 1.165) is 43.4 Å². The van der Waals surface area contributed by atoms with Gasteiger partial charge in [0.1, 0.15) is 5.54 Å². The molecule has 0 N–H and O–H groups in total. The summed E-state index contributed by atoms with van der Waals surface area (Å²) >= 11 is 1.69. The van der Waals surface area contributed by atoms with E-state index in [1.165, 1.54) is 0 Å². The zero-order chi connectivity index (χ0) is 12.5. The summed E-state index contributed by atoms with van der Waals surface area (Å²) in [6.45, 7) is 6.80. The Balaban J connectivity index is 2.21. The largest absolute Gasteiger partial charge is 0.306 e. The van der Waals surface area contributed by atoms with Crippen molar-refractivity contribution in [2.24, 2.45) is 4.99 Å². The lowest BCUT2D eigenvalue weighted by atomic mass is 9.88. The summed E-state index contributed by atoms with van der Waals surface area (Å²) < 4.78 is 0. The number of rotatable bonds is 2. The number of likely N-dealkylation sites (N-methyl/N-ethyl adjacent to an activating group) is 1. The first-order valence-corrected chi connectivity index (χ1v) is 7.34. The van der Waals surface area contributed by atoms with Crippen molar-refractivity contribution in [3.8, 4) is 0 Å². The fraction of sp³-hybridized carbons (Fsp3) is 0.833. The van der Waals surface area contributed by atoms with E-state index >= 15 is 0 Å². The molecule has 1 saturated heterocycles. The maximum Gasteiger partial charge on any atom is 0.256 e. The lowest BCUT2D eigenvalue weighted by Gasteiger charge is -2.34. The molecule has 0 saturated carbocycles. The van der Waals surface area contributed by atoms with Crippen molar-refractivity contribution in [2.45, 2.75) is 32.2 Å². The number of nitrogens with zero attached hydrogens (tertiary/aromatic N) is 3. The Morgan fingerprint density at radius 2 is 2.00 bits per heavy atom. The van der Waals surface area contributed by atoms with E-state index in [9.17, 15) is 4.79 Å². The van der Waals surface area contributed by atoms with Crippen LogP contribution in [0.15, 0.2) is 4.99 Å². The molecule has 17 heavy (non-hydrogen) atoms. The van der Waals surface area contributed by atoms with Gasteiger partial charge >= 0.3 is 0 Å². The SMILES string of the molecule is CCSC1=NC2(CCN(C)CC2)C(=O)N1CC. The standard InChI is InChI=1S/C12H21N3OS/c1-4-15-10(16)12(13-11(15)17-5-2)6-8-14(3)9-7-12/h4-9H2,1-3H3. The molecule has 96 valence electrons. The highest BCUT2D eigenvalue weighted by molar-refractivity contribution is 8.13. The number of aliphatic imine (C=N–C) groups is 1. The van der Waals surface area contributed by atoms with Gasteiger partial charge in [0.25, 0.3) is 5.91 Å². The Hall–Kier alpha value is -0.550. The van der Waals surface area contributed by atoms with Crippen LogP contribution in [0.4, 0.5) is 0 Å². The normalized spacial score (nSPS) is 24.5. The van der Waals surface area contributed by atoms with Gasteiger partial charge in [-0.05, 0) is 32.6 Å². The van der Waals surface area contributed by atoms with Gasteiger partial charge in [0, 0.05) is 19.6 Å². The zero-order valence-electron chi connectivity index (χ0n) is 10.9. The smallest absolute Gasteiger partial charge is 0.256 e. The second-order valence-electron chi connectivity index (χ2n) is 4.71. The van der Waals surface area contributed by atoms with Gasteiger partial charge in [0.05, 0.1) is 0 Å². The van der Waals surface area contributed by atoms with E-state index in [4.69, 9.17) is 4.99 Å². The molecule has 2 aliphatic heterocycles. The van der Waals surface area contributed by atoms with Gasteiger partial charge in [-0.3, -0.25) is 9.69 Å². The van der Waals surface area contributed by atoms with Crippen LogP contribution in [0.3, 0.4) is 0 Å². The Morgan fingerprint density at radius 1 is 1.35 bits per heavy atom. The molecular formula is C12H21N3OS. The van der Waals surface area contributed by atoms with Crippen molar-refractivity contribution < 1.29 is 4.79 Å². The number of hydrogen-bond donors (Lipinski definition) is 0. The van der Waals surface area contributed by atoms with Crippen molar-refractivity contribution in [3.63, 3.8) is 0 Å². The van der Waals surface area contributed by atoms with E-state index in [2.05, 4.69) is 18.9 Å². The van der Waals surface area contributed by atoms with Gasteiger partial charge in [-0.15, -0.1) is 0 Å². The number of carbonyl (C=O) groups excluding carboxylic acids is 1. The zero-order valence-corrected chi connectivity index (χ0v) is 11.7. The summed E-state index contributed by atoms with van der Waals surface area (Å²) in [5, 5.41) is 0.935. The summed E-state index contributed by atoms with van der Waals surface area (Å²) in [6, 6.07) is 0. The van der Waals surface area contributed by atoms with Crippen LogP contribution in [-0.2, 0) is 4.79 Å². The minimum absolute atomic E-state index is 0.226. The quantitative estimate of drug-likeness (QED) is 0.749. The van der Waals surface area contributed by atoms with Gasteiger partial charge in [0.15, 0.2) is 5.17 Å². The molecule has 1 amide bonds. The molecule has 0 aromatic rings. The van der Waals surface area contributed by atoms with Crippen molar-refractivity contribution in [1.82, 2.24) is 9.80 Å². The molecule has 0 radical (unpaired) electrons. The van der Waals surface area contributed by atoms with Gasteiger partial charge < -0.3 is 4.90 Å². The monoisotopic (exact) mass is 255 g/mol. The van der Waals surface area contributed by atoms with E-state index in [-0.39, 0.29) is 5.91 Å². The third-order valence-corrected chi connectivity index (χ3v) is 4.45. The molecule has 2 rings (SSSR count). The molecule has 4 nitrogen and oxygen atoms in total. The van der Waals surface area contributed by atoms with Gasteiger partial charge in [-0.25, -0.2) is 4.99 Å². The van der Waals surface area contributed by atoms with E-state index < -0.39 is 5.54 Å². The molecule has 0 bridgehead atoms. The first-order valence-electron chi connectivity index (χ1n) is 6.36. The number of thioether (sulfide) groups is 1. The average Bonchev–Trinajstić information content (AvgIpc) is 2.57. The minimum atomic E-state index is -0.431. The number of amides is 1. The van der Waals surface area contributed by atoms with Crippen LogP contribution in [0.5, 0.6) is 0 Å².